The second kappa shape index (κ2) is 12.8. The highest BCUT2D eigenvalue weighted by atomic mass is 79.9. The van der Waals surface area contributed by atoms with E-state index in [1.807, 2.05) is 39.0 Å². The van der Waals surface area contributed by atoms with Crippen molar-refractivity contribution in [1.82, 2.24) is 0 Å². The van der Waals surface area contributed by atoms with Gasteiger partial charge in [0.1, 0.15) is 0 Å². The van der Waals surface area contributed by atoms with E-state index in [0.717, 1.165) is 19.3 Å². The maximum Gasteiger partial charge on any atom is 0.258 e. The molecular formula is C30H30Br3N3O3. The summed E-state index contributed by atoms with van der Waals surface area (Å²) >= 11 is 10.7. The molecule has 0 aromatic heterocycles. The third-order valence-electron chi connectivity index (χ3n) is 6.40. The number of benzene rings is 3. The quantitative estimate of drug-likeness (QED) is 0.257. The van der Waals surface area contributed by atoms with Crippen molar-refractivity contribution in [2.75, 3.05) is 34.3 Å². The van der Waals surface area contributed by atoms with E-state index in [-0.39, 0.29) is 17.7 Å². The molecule has 4 rings (SSSR count). The number of carbonyl (C=O) groups is 3. The first kappa shape index (κ1) is 29.5. The molecule has 3 amide bonds. The Morgan fingerprint density at radius 1 is 0.462 bits per heavy atom. The molecule has 1 heterocycles. The van der Waals surface area contributed by atoms with Gasteiger partial charge in [0.25, 0.3) is 17.7 Å². The zero-order valence-corrected chi connectivity index (χ0v) is 26.9. The van der Waals surface area contributed by atoms with Crippen LogP contribution in [-0.2, 0) is 0 Å². The van der Waals surface area contributed by atoms with Gasteiger partial charge in [0.15, 0.2) is 0 Å². The highest BCUT2D eigenvalue weighted by molar-refractivity contribution is 9.11. The van der Waals surface area contributed by atoms with E-state index in [0.29, 0.717) is 66.8 Å². The summed E-state index contributed by atoms with van der Waals surface area (Å²) in [6.45, 7) is 7.43. The summed E-state index contributed by atoms with van der Waals surface area (Å²) in [6.07, 6.45) is 2.18. The number of anilines is 3. The summed E-state index contributed by atoms with van der Waals surface area (Å²) < 4.78 is 2.10. The van der Waals surface area contributed by atoms with Gasteiger partial charge in [0.2, 0.25) is 0 Å². The van der Waals surface area contributed by atoms with Crippen molar-refractivity contribution in [1.29, 1.82) is 0 Å². The summed E-state index contributed by atoms with van der Waals surface area (Å²) in [5, 5.41) is 0. The molecule has 0 atom stereocenters. The molecule has 6 nitrogen and oxygen atoms in total. The smallest absolute Gasteiger partial charge is 0.258 e. The highest BCUT2D eigenvalue weighted by Crippen LogP contribution is 2.32. The number of halogens is 3. The Bertz CT molecular complexity index is 1260. The van der Waals surface area contributed by atoms with Gasteiger partial charge >= 0.3 is 0 Å². The lowest BCUT2D eigenvalue weighted by Crippen LogP contribution is -2.33. The van der Waals surface area contributed by atoms with Crippen LogP contribution in [0.2, 0.25) is 0 Å². The van der Waals surface area contributed by atoms with Gasteiger partial charge in [0.05, 0.1) is 0 Å². The molecule has 3 aromatic rings. The maximum atomic E-state index is 14.0. The average molecular weight is 720 g/mol. The second-order valence-corrected chi connectivity index (χ2v) is 12.2. The van der Waals surface area contributed by atoms with Crippen LogP contribution in [0.5, 0.6) is 0 Å². The van der Waals surface area contributed by atoms with E-state index in [1.54, 1.807) is 51.1 Å². The molecule has 1 aliphatic rings. The van der Waals surface area contributed by atoms with Crippen LogP contribution in [0.1, 0.15) is 71.1 Å². The fraction of sp³-hybridized carbons (Fsp3) is 0.300. The molecule has 0 unspecified atom stereocenters. The van der Waals surface area contributed by atoms with Crippen molar-refractivity contribution in [3.05, 3.63) is 84.7 Å². The number of nitrogens with zero attached hydrogens (tertiary/aromatic N) is 3. The highest BCUT2D eigenvalue weighted by Gasteiger charge is 2.26. The molecule has 0 saturated heterocycles. The molecule has 3 aromatic carbocycles. The van der Waals surface area contributed by atoms with Gasteiger partial charge in [0, 0.05) is 66.8 Å². The van der Waals surface area contributed by atoms with E-state index >= 15 is 0 Å². The zero-order chi connectivity index (χ0) is 28.3. The lowest BCUT2D eigenvalue weighted by atomic mass is 10.1. The fourth-order valence-corrected chi connectivity index (χ4v) is 6.19. The van der Waals surface area contributed by atoms with Crippen molar-refractivity contribution in [2.45, 2.75) is 40.0 Å². The van der Waals surface area contributed by atoms with Crippen LogP contribution in [0.4, 0.5) is 17.1 Å². The molecule has 0 saturated carbocycles. The molecule has 9 heteroatoms. The Kier molecular flexibility index (Phi) is 9.67. The van der Waals surface area contributed by atoms with E-state index in [4.69, 9.17) is 0 Å². The minimum Gasteiger partial charge on any atom is -0.308 e. The summed E-state index contributed by atoms with van der Waals surface area (Å²) in [7, 11) is 0. The Hall–Kier alpha value is -2.49. The third-order valence-corrected chi connectivity index (χ3v) is 7.77. The van der Waals surface area contributed by atoms with Crippen molar-refractivity contribution in [2.24, 2.45) is 0 Å². The van der Waals surface area contributed by atoms with Crippen molar-refractivity contribution < 1.29 is 14.4 Å². The van der Waals surface area contributed by atoms with Gasteiger partial charge in [-0.3, -0.25) is 14.4 Å². The number of carbonyl (C=O) groups excluding carboxylic acids is 3. The van der Waals surface area contributed by atoms with Gasteiger partial charge in [-0.05, 0) is 73.9 Å². The zero-order valence-electron chi connectivity index (χ0n) is 22.1. The molecule has 0 N–H and O–H groups in total. The number of hydrogen-bond donors (Lipinski definition) is 0. The largest absolute Gasteiger partial charge is 0.308 e. The monoisotopic (exact) mass is 717 g/mol. The summed E-state index contributed by atoms with van der Waals surface area (Å²) in [4.78, 5) is 47.0. The predicted molar refractivity (Wildman–Crippen MR) is 168 cm³/mol. The fourth-order valence-electron chi connectivity index (χ4n) is 4.74. The normalized spacial score (nSPS) is 14.0. The maximum absolute atomic E-state index is 14.0. The first-order valence-electron chi connectivity index (χ1n) is 13.0. The second-order valence-electron chi connectivity index (χ2n) is 9.46. The van der Waals surface area contributed by atoms with Gasteiger partial charge in [-0.25, -0.2) is 0 Å². The Morgan fingerprint density at radius 2 is 0.718 bits per heavy atom. The number of hydrogen-bond acceptors (Lipinski definition) is 3. The van der Waals surface area contributed by atoms with E-state index in [2.05, 4.69) is 47.8 Å². The summed E-state index contributed by atoms with van der Waals surface area (Å²) in [6, 6.07) is 16.2. The van der Waals surface area contributed by atoms with Crippen molar-refractivity contribution in [3.63, 3.8) is 0 Å². The number of rotatable bonds is 6. The molecule has 0 radical (unpaired) electrons. The number of fused-ring (bicyclic) bond motifs is 6. The van der Waals surface area contributed by atoms with Gasteiger partial charge in [-0.1, -0.05) is 68.6 Å². The first-order valence-corrected chi connectivity index (χ1v) is 15.4. The van der Waals surface area contributed by atoms with Crippen LogP contribution in [0.15, 0.2) is 68.0 Å². The van der Waals surface area contributed by atoms with Crippen molar-refractivity contribution in [3.8, 4) is 0 Å². The molecule has 1 aliphatic heterocycles. The van der Waals surface area contributed by atoms with Crippen LogP contribution in [-0.4, -0.2) is 37.4 Å². The van der Waals surface area contributed by atoms with Crippen LogP contribution in [0, 0.1) is 0 Å². The number of amides is 3. The summed E-state index contributed by atoms with van der Waals surface area (Å²) in [5.74, 6) is -0.616. The molecule has 0 fully saturated rings. The van der Waals surface area contributed by atoms with E-state index in [9.17, 15) is 14.4 Å². The Morgan fingerprint density at radius 3 is 0.949 bits per heavy atom. The molecule has 0 spiro atoms. The van der Waals surface area contributed by atoms with Crippen LogP contribution in [0.25, 0.3) is 0 Å². The minimum atomic E-state index is -0.205. The van der Waals surface area contributed by atoms with Gasteiger partial charge in [-0.2, -0.15) is 0 Å². The Labute approximate surface area is 254 Å². The van der Waals surface area contributed by atoms with Gasteiger partial charge < -0.3 is 14.7 Å². The lowest BCUT2D eigenvalue weighted by molar-refractivity contribution is 0.0976. The molecular weight excluding hydrogens is 690 g/mol. The van der Waals surface area contributed by atoms with Crippen LogP contribution < -0.4 is 14.7 Å². The standard InChI is InChI=1S/C30H30Br3N3O3/c1-4-7-34-25-13-20(11-22(31)16-25)29(38)36(9-6-3)27-15-21(12-24(33)18-27)30(39)35(8-5-2)26-14-19(28(34)37)10-23(32)17-26/h10-18H,4-9H2,1-3H3. The van der Waals surface area contributed by atoms with Crippen molar-refractivity contribution >= 4 is 82.6 Å². The lowest BCUT2D eigenvalue weighted by Gasteiger charge is -2.26. The molecule has 39 heavy (non-hydrogen) atoms. The van der Waals surface area contributed by atoms with E-state index < -0.39 is 0 Å². The van der Waals surface area contributed by atoms with Crippen LogP contribution in [0.3, 0.4) is 0 Å². The first-order chi connectivity index (χ1) is 18.7. The van der Waals surface area contributed by atoms with Gasteiger partial charge in [-0.15, -0.1) is 0 Å². The molecule has 0 aliphatic carbocycles. The summed E-state index contributed by atoms with van der Waals surface area (Å²) in [5.41, 5.74) is 3.24. The average Bonchev–Trinajstić information content (AvgIpc) is 2.90. The molecule has 204 valence electrons. The Balaban J connectivity index is 2.04. The predicted octanol–water partition coefficient (Wildman–Crippen LogP) is 8.46. The molecule has 6 bridgehead atoms. The van der Waals surface area contributed by atoms with Crippen LogP contribution >= 0.6 is 47.8 Å². The third kappa shape index (κ3) is 6.47. The minimum absolute atomic E-state index is 0.205. The van der Waals surface area contributed by atoms with E-state index in [1.165, 1.54) is 0 Å². The SMILES string of the molecule is CCCN1C(=O)c2cc(Br)cc(c2)N(CCC)C(=O)c2cc(Br)cc(c2)N(CCC)C(=O)c2cc(Br)cc1c2. The topological polar surface area (TPSA) is 60.9 Å².